The lowest BCUT2D eigenvalue weighted by Gasteiger charge is -2.38. The first kappa shape index (κ1) is 25.9. The van der Waals surface area contributed by atoms with Crippen LogP contribution in [0.25, 0.3) is 11.1 Å². The largest absolute Gasteiger partial charge is 0.472 e. The van der Waals surface area contributed by atoms with E-state index in [4.69, 9.17) is 9.47 Å². The minimum Gasteiger partial charge on any atom is -0.472 e. The van der Waals surface area contributed by atoms with E-state index in [2.05, 4.69) is 19.9 Å². The number of nitrogens with zero attached hydrogens (tertiary/aromatic N) is 6. The predicted molar refractivity (Wildman–Crippen MR) is 131 cm³/mol. The van der Waals surface area contributed by atoms with Crippen LogP contribution in [0.5, 0.6) is 5.88 Å². The average Bonchev–Trinajstić information content (AvgIpc) is 2.91. The van der Waals surface area contributed by atoms with Crippen molar-refractivity contribution < 1.29 is 24.2 Å². The van der Waals surface area contributed by atoms with Crippen molar-refractivity contribution in [2.75, 3.05) is 59.6 Å². The van der Waals surface area contributed by atoms with Crippen LogP contribution in [-0.2, 0) is 9.53 Å². The van der Waals surface area contributed by atoms with E-state index in [9.17, 15) is 14.7 Å². The SMILES string of the molecule is C[C@@H]1CN([C@@H](C)CO)C(=O)c2cc(-c3cncnc3)cnc2O[C@@H]1CN(C)C(=O)CN1CCOCC1. The number of ether oxygens (including phenoxy) is 2. The summed E-state index contributed by atoms with van der Waals surface area (Å²) in [5.41, 5.74) is 1.71. The second kappa shape index (κ2) is 11.7. The maximum atomic E-state index is 13.6. The highest BCUT2D eigenvalue weighted by Crippen LogP contribution is 2.30. The summed E-state index contributed by atoms with van der Waals surface area (Å²) in [7, 11) is 1.77. The Bertz CT molecular complexity index is 1050. The summed E-state index contributed by atoms with van der Waals surface area (Å²) < 4.78 is 11.7. The third kappa shape index (κ3) is 5.97. The number of aliphatic hydroxyl groups is 1. The Balaban J connectivity index is 1.59. The number of aromatic nitrogens is 3. The lowest BCUT2D eigenvalue weighted by Crippen LogP contribution is -2.51. The van der Waals surface area contributed by atoms with Gasteiger partial charge in [-0.3, -0.25) is 14.5 Å². The second-order valence-corrected chi connectivity index (χ2v) is 9.49. The zero-order valence-electron chi connectivity index (χ0n) is 21.0. The van der Waals surface area contributed by atoms with Gasteiger partial charge in [-0.25, -0.2) is 15.0 Å². The number of likely N-dealkylation sites (N-methyl/N-ethyl adjacent to an activating group) is 1. The Morgan fingerprint density at radius 1 is 1.22 bits per heavy atom. The van der Waals surface area contributed by atoms with Crippen molar-refractivity contribution in [1.82, 2.24) is 29.7 Å². The molecule has 2 aromatic rings. The van der Waals surface area contributed by atoms with E-state index >= 15 is 0 Å². The lowest BCUT2D eigenvalue weighted by atomic mass is 9.99. The minimum atomic E-state index is -0.401. The molecular weight excluding hydrogens is 464 g/mol. The van der Waals surface area contributed by atoms with Crippen molar-refractivity contribution >= 4 is 11.8 Å². The number of carbonyl (C=O) groups excluding carboxylic acids is 2. The number of hydrogen-bond donors (Lipinski definition) is 1. The van der Waals surface area contributed by atoms with Gasteiger partial charge in [-0.15, -0.1) is 0 Å². The van der Waals surface area contributed by atoms with E-state index in [1.807, 2.05) is 13.8 Å². The number of aliphatic hydroxyl groups excluding tert-OH is 1. The van der Waals surface area contributed by atoms with Gasteiger partial charge in [-0.1, -0.05) is 6.92 Å². The number of fused-ring (bicyclic) bond motifs is 1. The number of rotatable bonds is 7. The van der Waals surface area contributed by atoms with Crippen molar-refractivity contribution in [3.63, 3.8) is 0 Å². The van der Waals surface area contributed by atoms with Gasteiger partial charge < -0.3 is 24.4 Å². The second-order valence-electron chi connectivity index (χ2n) is 9.49. The maximum Gasteiger partial charge on any atom is 0.259 e. The van der Waals surface area contributed by atoms with Crippen molar-refractivity contribution in [1.29, 1.82) is 0 Å². The molecule has 4 rings (SSSR count). The van der Waals surface area contributed by atoms with Gasteiger partial charge in [0.2, 0.25) is 11.8 Å². The monoisotopic (exact) mass is 498 g/mol. The Kier molecular flexibility index (Phi) is 8.44. The fourth-order valence-electron chi connectivity index (χ4n) is 4.37. The number of morpholine rings is 1. The highest BCUT2D eigenvalue weighted by atomic mass is 16.5. The number of carbonyl (C=O) groups is 2. The first-order valence-electron chi connectivity index (χ1n) is 12.2. The Hall–Kier alpha value is -3.15. The molecule has 3 atom stereocenters. The van der Waals surface area contributed by atoms with Crippen LogP contribution in [-0.4, -0.2) is 118 Å². The molecule has 0 bridgehead atoms. The van der Waals surface area contributed by atoms with Crippen LogP contribution < -0.4 is 4.74 Å². The molecule has 11 nitrogen and oxygen atoms in total. The molecule has 0 spiro atoms. The van der Waals surface area contributed by atoms with E-state index in [1.54, 1.807) is 41.5 Å². The predicted octanol–water partition coefficient (Wildman–Crippen LogP) is 0.549. The smallest absolute Gasteiger partial charge is 0.259 e. The lowest BCUT2D eigenvalue weighted by molar-refractivity contribution is -0.133. The third-order valence-electron chi connectivity index (χ3n) is 6.76. The third-order valence-corrected chi connectivity index (χ3v) is 6.76. The molecule has 2 aromatic heterocycles. The molecule has 1 saturated heterocycles. The molecule has 0 aromatic carbocycles. The molecule has 194 valence electrons. The van der Waals surface area contributed by atoms with Gasteiger partial charge in [-0.2, -0.15) is 0 Å². The van der Waals surface area contributed by atoms with E-state index in [0.717, 1.165) is 18.7 Å². The fraction of sp³-hybridized carbons (Fsp3) is 0.560. The summed E-state index contributed by atoms with van der Waals surface area (Å²) in [5, 5.41) is 9.85. The molecule has 4 heterocycles. The summed E-state index contributed by atoms with van der Waals surface area (Å²) in [6, 6.07) is 1.33. The van der Waals surface area contributed by atoms with Gasteiger partial charge in [0.25, 0.3) is 5.91 Å². The average molecular weight is 499 g/mol. The van der Waals surface area contributed by atoms with E-state index in [0.29, 0.717) is 44.0 Å². The molecule has 1 fully saturated rings. The van der Waals surface area contributed by atoms with Crippen molar-refractivity contribution in [3.05, 3.63) is 36.5 Å². The van der Waals surface area contributed by atoms with E-state index in [-0.39, 0.29) is 30.2 Å². The van der Waals surface area contributed by atoms with Crippen LogP contribution in [0.15, 0.2) is 31.0 Å². The van der Waals surface area contributed by atoms with Crippen molar-refractivity contribution in [3.8, 4) is 17.0 Å². The molecule has 0 radical (unpaired) electrons. The molecule has 2 aliphatic rings. The molecule has 2 aliphatic heterocycles. The zero-order valence-corrected chi connectivity index (χ0v) is 21.0. The normalized spacial score (nSPS) is 21.7. The molecular formula is C25H34N6O5. The molecule has 2 amide bonds. The summed E-state index contributed by atoms with van der Waals surface area (Å²) in [4.78, 5) is 44.5. The summed E-state index contributed by atoms with van der Waals surface area (Å²) in [6.45, 7) is 7.39. The summed E-state index contributed by atoms with van der Waals surface area (Å²) >= 11 is 0. The van der Waals surface area contributed by atoms with E-state index in [1.165, 1.54) is 6.33 Å². The number of pyridine rings is 1. The molecule has 0 aliphatic carbocycles. The Labute approximate surface area is 211 Å². The van der Waals surface area contributed by atoms with Crippen molar-refractivity contribution in [2.45, 2.75) is 26.0 Å². The summed E-state index contributed by atoms with van der Waals surface area (Å²) in [5.74, 6) is -0.168. The zero-order chi connectivity index (χ0) is 25.7. The molecule has 1 N–H and O–H groups in total. The molecule has 11 heteroatoms. The number of hydrogen-bond acceptors (Lipinski definition) is 9. The van der Waals surface area contributed by atoms with E-state index < -0.39 is 12.1 Å². The van der Waals surface area contributed by atoms with Crippen molar-refractivity contribution in [2.24, 2.45) is 5.92 Å². The molecule has 0 saturated carbocycles. The fourth-order valence-corrected chi connectivity index (χ4v) is 4.37. The first-order chi connectivity index (χ1) is 17.4. The number of amides is 2. The first-order valence-corrected chi connectivity index (χ1v) is 12.2. The standard InChI is InChI=1S/C25H34N6O5/c1-17-12-31(18(2)15-32)25(34)21-8-19(20-9-26-16-27-10-20)11-28-24(21)36-22(17)13-29(3)23(33)14-30-4-6-35-7-5-30/h8-11,16-18,22,32H,4-7,12-15H2,1-3H3/t17-,18+,22-/m1/s1. The van der Waals surface area contributed by atoms with Crippen LogP contribution in [0.2, 0.25) is 0 Å². The summed E-state index contributed by atoms with van der Waals surface area (Å²) in [6.07, 6.45) is 5.97. The van der Waals surface area contributed by atoms with Gasteiger partial charge in [-0.05, 0) is 13.0 Å². The quantitative estimate of drug-likeness (QED) is 0.583. The van der Waals surface area contributed by atoms with Gasteiger partial charge in [0.1, 0.15) is 18.0 Å². The minimum absolute atomic E-state index is 0.000901. The van der Waals surface area contributed by atoms with Gasteiger partial charge >= 0.3 is 0 Å². The van der Waals surface area contributed by atoms with Gasteiger partial charge in [0.15, 0.2) is 0 Å². The highest BCUT2D eigenvalue weighted by molar-refractivity contribution is 5.98. The Morgan fingerprint density at radius 3 is 2.64 bits per heavy atom. The van der Waals surface area contributed by atoms with Crippen LogP contribution in [0, 0.1) is 5.92 Å². The Morgan fingerprint density at radius 2 is 1.94 bits per heavy atom. The van der Waals surface area contributed by atoms with Crippen LogP contribution in [0.4, 0.5) is 0 Å². The maximum absolute atomic E-state index is 13.6. The van der Waals surface area contributed by atoms with Gasteiger partial charge in [0.05, 0.1) is 39.0 Å². The van der Waals surface area contributed by atoms with Crippen LogP contribution in [0.1, 0.15) is 24.2 Å². The molecule has 36 heavy (non-hydrogen) atoms. The van der Waals surface area contributed by atoms with Gasteiger partial charge in [0, 0.05) is 62.3 Å². The topological polar surface area (TPSA) is 121 Å². The molecule has 0 unspecified atom stereocenters. The highest BCUT2D eigenvalue weighted by Gasteiger charge is 2.35. The van der Waals surface area contributed by atoms with Crippen LogP contribution in [0.3, 0.4) is 0 Å². The van der Waals surface area contributed by atoms with Crippen LogP contribution >= 0.6 is 0 Å².